The van der Waals surface area contributed by atoms with Crippen LogP contribution in [0.15, 0.2) is 0 Å². The van der Waals surface area contributed by atoms with E-state index in [1.807, 2.05) is 0 Å². The minimum absolute atomic E-state index is 0.0632. The Morgan fingerprint density at radius 1 is 1.05 bits per heavy atom. The molecule has 0 aromatic rings. The molecule has 114 valence electrons. The Morgan fingerprint density at radius 3 is 2.00 bits per heavy atom. The lowest BCUT2D eigenvalue weighted by molar-refractivity contribution is -0.125. The lowest BCUT2D eigenvalue weighted by atomic mass is 10.0. The fourth-order valence-electron chi connectivity index (χ4n) is 2.80. The highest BCUT2D eigenvalue weighted by Crippen LogP contribution is 2.38. The third-order valence-electron chi connectivity index (χ3n) is 4.52. The van der Waals surface area contributed by atoms with E-state index in [1.165, 1.54) is 0 Å². The molecule has 4 heteroatoms. The molecule has 0 aliphatic heterocycles. The van der Waals surface area contributed by atoms with Gasteiger partial charge >= 0.3 is 0 Å². The van der Waals surface area contributed by atoms with Crippen molar-refractivity contribution in [1.82, 2.24) is 10.6 Å². The molecule has 0 bridgehead atoms. The first kappa shape index (κ1) is 15.3. The topological polar surface area (TPSA) is 58.2 Å². The van der Waals surface area contributed by atoms with E-state index >= 15 is 0 Å². The maximum atomic E-state index is 12.0. The van der Waals surface area contributed by atoms with Crippen LogP contribution in [0.1, 0.15) is 47.0 Å². The quantitative estimate of drug-likeness (QED) is 0.749. The number of nitrogens with one attached hydrogen (secondary N) is 2. The summed E-state index contributed by atoms with van der Waals surface area (Å²) in [5.74, 6) is 2.28. The Balaban J connectivity index is 1.77. The molecule has 0 heterocycles. The van der Waals surface area contributed by atoms with Crippen molar-refractivity contribution < 1.29 is 9.59 Å². The van der Waals surface area contributed by atoms with E-state index in [-0.39, 0.29) is 29.7 Å². The molecule has 20 heavy (non-hydrogen) atoms. The molecular formula is C16H28N2O2. The largest absolute Gasteiger partial charge is 0.354 e. The van der Waals surface area contributed by atoms with Gasteiger partial charge in [0.15, 0.2) is 0 Å². The minimum Gasteiger partial charge on any atom is -0.354 e. The van der Waals surface area contributed by atoms with Crippen molar-refractivity contribution >= 4 is 11.8 Å². The predicted molar refractivity (Wildman–Crippen MR) is 78.9 cm³/mol. The second kappa shape index (κ2) is 6.15. The van der Waals surface area contributed by atoms with Crippen LogP contribution in [0.5, 0.6) is 0 Å². The summed E-state index contributed by atoms with van der Waals surface area (Å²) < 4.78 is 0. The molecular weight excluding hydrogens is 252 g/mol. The summed E-state index contributed by atoms with van der Waals surface area (Å²) >= 11 is 0. The van der Waals surface area contributed by atoms with E-state index < -0.39 is 0 Å². The molecule has 2 aliphatic carbocycles. The SMILES string of the molecule is CC(C)C[C@H](CNC(=O)[C@@H]1C[C@@H]1C)NC(=O)[C@@H]1C[C@H]1C. The van der Waals surface area contributed by atoms with Gasteiger partial charge in [-0.15, -0.1) is 0 Å². The lowest BCUT2D eigenvalue weighted by Gasteiger charge is -2.21. The molecule has 2 rings (SSSR count). The van der Waals surface area contributed by atoms with E-state index in [4.69, 9.17) is 0 Å². The highest BCUT2D eigenvalue weighted by atomic mass is 16.2. The van der Waals surface area contributed by atoms with Gasteiger partial charge in [-0.3, -0.25) is 9.59 Å². The predicted octanol–water partition coefficient (Wildman–Crippen LogP) is 1.95. The second-order valence-electron chi connectivity index (χ2n) is 7.22. The number of hydrogen-bond acceptors (Lipinski definition) is 2. The van der Waals surface area contributed by atoms with Crippen molar-refractivity contribution in [3.63, 3.8) is 0 Å². The Kier molecular flexibility index (Phi) is 4.71. The minimum atomic E-state index is 0.0632. The van der Waals surface area contributed by atoms with Crippen molar-refractivity contribution in [1.29, 1.82) is 0 Å². The summed E-state index contributed by atoms with van der Waals surface area (Å²) in [7, 11) is 0. The highest BCUT2D eigenvalue weighted by molar-refractivity contribution is 5.82. The van der Waals surface area contributed by atoms with Gasteiger partial charge < -0.3 is 10.6 Å². The third-order valence-corrected chi connectivity index (χ3v) is 4.52. The first-order valence-corrected chi connectivity index (χ1v) is 7.96. The van der Waals surface area contributed by atoms with Gasteiger partial charge in [-0.05, 0) is 37.0 Å². The van der Waals surface area contributed by atoms with Crippen LogP contribution in [-0.2, 0) is 9.59 Å². The first-order valence-electron chi connectivity index (χ1n) is 7.96. The van der Waals surface area contributed by atoms with Gasteiger partial charge in [0.2, 0.25) is 11.8 Å². The summed E-state index contributed by atoms with van der Waals surface area (Å²) in [6.45, 7) is 9.06. The third kappa shape index (κ3) is 4.22. The summed E-state index contributed by atoms with van der Waals surface area (Å²) in [6.07, 6.45) is 2.92. The standard InChI is InChI=1S/C16H28N2O2/c1-9(2)5-12(18-16(20)14-7-11(14)4)8-17-15(19)13-6-10(13)3/h9-14H,5-8H2,1-4H3,(H,17,19)(H,18,20)/t10-,11+,12+,13+,14+/m0/s1. The molecule has 2 fully saturated rings. The molecule has 0 spiro atoms. The monoisotopic (exact) mass is 280 g/mol. The van der Waals surface area contributed by atoms with Crippen LogP contribution < -0.4 is 10.6 Å². The Labute approximate surface area is 122 Å². The number of amides is 2. The van der Waals surface area contributed by atoms with E-state index in [0.29, 0.717) is 24.3 Å². The summed E-state index contributed by atoms with van der Waals surface area (Å²) in [5.41, 5.74) is 0. The Morgan fingerprint density at radius 2 is 1.55 bits per heavy atom. The van der Waals surface area contributed by atoms with Crippen molar-refractivity contribution in [2.45, 2.75) is 53.0 Å². The average Bonchev–Trinajstić information content (AvgIpc) is 3.24. The van der Waals surface area contributed by atoms with Crippen molar-refractivity contribution in [3.05, 3.63) is 0 Å². The van der Waals surface area contributed by atoms with Gasteiger partial charge in [0.1, 0.15) is 0 Å². The fourth-order valence-corrected chi connectivity index (χ4v) is 2.80. The molecule has 2 saturated carbocycles. The molecule has 0 unspecified atom stereocenters. The molecule has 5 atom stereocenters. The van der Waals surface area contributed by atoms with Gasteiger partial charge in [-0.2, -0.15) is 0 Å². The van der Waals surface area contributed by atoms with Crippen LogP contribution >= 0.6 is 0 Å². The normalized spacial score (nSPS) is 32.6. The Hall–Kier alpha value is -1.06. The van der Waals surface area contributed by atoms with E-state index in [2.05, 4.69) is 38.3 Å². The Bertz CT molecular complexity index is 381. The van der Waals surface area contributed by atoms with Gasteiger partial charge in [-0.25, -0.2) is 0 Å². The zero-order chi connectivity index (χ0) is 14.9. The van der Waals surface area contributed by atoms with Gasteiger partial charge in [0.05, 0.1) is 0 Å². The van der Waals surface area contributed by atoms with Crippen LogP contribution in [0.2, 0.25) is 0 Å². The van der Waals surface area contributed by atoms with Crippen LogP contribution in [0, 0.1) is 29.6 Å². The molecule has 2 N–H and O–H groups in total. The maximum absolute atomic E-state index is 12.0. The molecule has 0 aromatic heterocycles. The number of rotatable bonds is 7. The van der Waals surface area contributed by atoms with Crippen LogP contribution in [0.3, 0.4) is 0 Å². The molecule has 0 aromatic carbocycles. The van der Waals surface area contributed by atoms with Gasteiger partial charge in [0, 0.05) is 24.4 Å². The van der Waals surface area contributed by atoms with Crippen LogP contribution in [-0.4, -0.2) is 24.4 Å². The smallest absolute Gasteiger partial charge is 0.223 e. The average molecular weight is 280 g/mol. The maximum Gasteiger partial charge on any atom is 0.223 e. The van der Waals surface area contributed by atoms with Crippen LogP contribution in [0.25, 0.3) is 0 Å². The second-order valence-corrected chi connectivity index (χ2v) is 7.22. The number of carbonyl (C=O) groups excluding carboxylic acids is 2. The number of hydrogen-bond donors (Lipinski definition) is 2. The summed E-state index contributed by atoms with van der Waals surface area (Å²) in [5, 5.41) is 6.12. The van der Waals surface area contributed by atoms with Gasteiger partial charge in [-0.1, -0.05) is 27.7 Å². The van der Waals surface area contributed by atoms with E-state index in [0.717, 1.165) is 19.3 Å². The fraction of sp³-hybridized carbons (Fsp3) is 0.875. The summed E-state index contributed by atoms with van der Waals surface area (Å²) in [4.78, 5) is 23.9. The zero-order valence-electron chi connectivity index (χ0n) is 13.1. The van der Waals surface area contributed by atoms with Crippen molar-refractivity contribution in [3.8, 4) is 0 Å². The highest BCUT2D eigenvalue weighted by Gasteiger charge is 2.40. The van der Waals surface area contributed by atoms with Crippen molar-refractivity contribution in [2.75, 3.05) is 6.54 Å². The molecule has 2 amide bonds. The zero-order valence-corrected chi connectivity index (χ0v) is 13.1. The first-order chi connectivity index (χ1) is 9.38. The lowest BCUT2D eigenvalue weighted by Crippen LogP contribution is -2.45. The molecule has 0 saturated heterocycles. The van der Waals surface area contributed by atoms with E-state index in [1.54, 1.807) is 0 Å². The molecule has 0 radical (unpaired) electrons. The van der Waals surface area contributed by atoms with Crippen LogP contribution in [0.4, 0.5) is 0 Å². The molecule has 2 aliphatic rings. The van der Waals surface area contributed by atoms with E-state index in [9.17, 15) is 9.59 Å². The van der Waals surface area contributed by atoms with Gasteiger partial charge in [0.25, 0.3) is 0 Å². The van der Waals surface area contributed by atoms with Crippen molar-refractivity contribution in [2.24, 2.45) is 29.6 Å². The number of carbonyl (C=O) groups is 2. The summed E-state index contributed by atoms with van der Waals surface area (Å²) in [6, 6.07) is 0.0632. The molecule has 4 nitrogen and oxygen atoms in total.